The number of hydrogen-bond acceptors (Lipinski definition) is 3. The Morgan fingerprint density at radius 1 is 1.32 bits per heavy atom. The molecule has 1 atom stereocenters. The van der Waals surface area contributed by atoms with Crippen LogP contribution in [0.15, 0.2) is 12.1 Å². The summed E-state index contributed by atoms with van der Waals surface area (Å²) in [7, 11) is 1.66. The van der Waals surface area contributed by atoms with Crippen molar-refractivity contribution in [3.8, 4) is 11.5 Å². The van der Waals surface area contributed by atoms with Gasteiger partial charge in [0.05, 0.1) is 13.2 Å². The largest absolute Gasteiger partial charge is 0.493 e. The van der Waals surface area contributed by atoms with E-state index in [1.807, 2.05) is 26.0 Å². The molecule has 3 nitrogen and oxygen atoms in total. The number of ether oxygens (including phenoxy) is 2. The number of hydrogen-bond donors (Lipinski definition) is 1. The molecule has 0 spiro atoms. The first-order valence-electron chi connectivity index (χ1n) is 6.76. The second-order valence-corrected chi connectivity index (χ2v) is 5.92. The van der Waals surface area contributed by atoms with Crippen LogP contribution in [0.3, 0.4) is 0 Å². The predicted molar refractivity (Wildman–Crippen MR) is 78.4 cm³/mol. The molecule has 106 valence electrons. The molecule has 0 amide bonds. The van der Waals surface area contributed by atoms with Gasteiger partial charge in [-0.2, -0.15) is 0 Å². The maximum atomic E-state index is 6.44. The van der Waals surface area contributed by atoms with Gasteiger partial charge in [-0.3, -0.25) is 0 Å². The van der Waals surface area contributed by atoms with Crippen molar-refractivity contribution >= 4 is 11.6 Å². The Morgan fingerprint density at radius 2 is 2.05 bits per heavy atom. The Hall–Kier alpha value is -0.930. The first kappa shape index (κ1) is 14.5. The molecule has 1 aliphatic rings. The molecule has 0 bridgehead atoms. The van der Waals surface area contributed by atoms with E-state index in [2.05, 4.69) is 12.2 Å². The van der Waals surface area contributed by atoms with Crippen molar-refractivity contribution in [3.05, 3.63) is 22.7 Å². The van der Waals surface area contributed by atoms with Crippen molar-refractivity contribution in [1.82, 2.24) is 5.32 Å². The molecular formula is C15H22ClNO2. The van der Waals surface area contributed by atoms with Gasteiger partial charge in [0.2, 0.25) is 0 Å². The summed E-state index contributed by atoms with van der Waals surface area (Å²) < 4.78 is 11.2. The summed E-state index contributed by atoms with van der Waals surface area (Å²) in [5, 5.41) is 4.25. The highest BCUT2D eigenvalue weighted by Crippen LogP contribution is 2.41. The lowest BCUT2D eigenvalue weighted by atomic mass is 9.90. The summed E-state index contributed by atoms with van der Waals surface area (Å²) >= 11 is 6.44. The van der Waals surface area contributed by atoms with Crippen molar-refractivity contribution < 1.29 is 9.47 Å². The predicted octanol–water partition coefficient (Wildman–Crippen LogP) is 3.73. The maximum Gasteiger partial charge on any atom is 0.163 e. The van der Waals surface area contributed by atoms with E-state index in [4.69, 9.17) is 21.1 Å². The first-order valence-corrected chi connectivity index (χ1v) is 7.14. The second-order valence-electron chi connectivity index (χ2n) is 5.51. The van der Waals surface area contributed by atoms with Crippen molar-refractivity contribution in [2.24, 2.45) is 0 Å². The normalized spacial score (nSPS) is 22.8. The minimum Gasteiger partial charge on any atom is -0.493 e. The summed E-state index contributed by atoms with van der Waals surface area (Å²) in [6, 6.07) is 3.86. The van der Waals surface area contributed by atoms with Crippen molar-refractivity contribution in [2.75, 3.05) is 13.7 Å². The van der Waals surface area contributed by atoms with Crippen LogP contribution in [-0.4, -0.2) is 19.8 Å². The van der Waals surface area contributed by atoms with Gasteiger partial charge in [-0.25, -0.2) is 0 Å². The van der Waals surface area contributed by atoms with Gasteiger partial charge in [-0.1, -0.05) is 11.6 Å². The van der Waals surface area contributed by atoms with Gasteiger partial charge in [0.25, 0.3) is 0 Å². The molecule has 0 saturated carbocycles. The van der Waals surface area contributed by atoms with Gasteiger partial charge in [0.1, 0.15) is 0 Å². The zero-order valence-corrected chi connectivity index (χ0v) is 12.8. The van der Waals surface area contributed by atoms with Crippen LogP contribution in [0.1, 0.15) is 39.2 Å². The number of benzene rings is 1. The van der Waals surface area contributed by atoms with E-state index in [-0.39, 0.29) is 11.6 Å². The molecule has 1 aliphatic heterocycles. The molecule has 4 heteroatoms. The first-order chi connectivity index (χ1) is 8.96. The Bertz CT molecular complexity index is 454. The van der Waals surface area contributed by atoms with Gasteiger partial charge in [0.15, 0.2) is 11.5 Å². The molecule has 1 heterocycles. The third-order valence-electron chi connectivity index (χ3n) is 3.58. The molecule has 1 unspecified atom stereocenters. The van der Waals surface area contributed by atoms with Gasteiger partial charge >= 0.3 is 0 Å². The number of rotatable bonds is 4. The van der Waals surface area contributed by atoms with E-state index in [1.54, 1.807) is 7.11 Å². The van der Waals surface area contributed by atoms with Crippen molar-refractivity contribution in [3.63, 3.8) is 0 Å². The number of nitrogens with one attached hydrogen (secondary N) is 1. The fourth-order valence-electron chi connectivity index (χ4n) is 2.59. The lowest BCUT2D eigenvalue weighted by molar-refractivity contribution is 0.229. The quantitative estimate of drug-likeness (QED) is 0.913. The molecule has 1 fully saturated rings. The fourth-order valence-corrected chi connectivity index (χ4v) is 2.95. The van der Waals surface area contributed by atoms with Crippen LogP contribution < -0.4 is 14.8 Å². The van der Waals surface area contributed by atoms with Crippen molar-refractivity contribution in [2.45, 2.75) is 45.3 Å². The average molecular weight is 284 g/mol. The molecule has 0 aromatic heterocycles. The summed E-state index contributed by atoms with van der Waals surface area (Å²) in [6.07, 6.45) is 2.34. The smallest absolute Gasteiger partial charge is 0.163 e. The highest BCUT2D eigenvalue weighted by Gasteiger charge is 2.33. The lowest BCUT2D eigenvalue weighted by Crippen LogP contribution is -2.33. The third kappa shape index (κ3) is 2.98. The van der Waals surface area contributed by atoms with Crippen LogP contribution in [0.4, 0.5) is 0 Å². The summed E-state index contributed by atoms with van der Waals surface area (Å²) in [5.41, 5.74) is 1.01. The highest BCUT2D eigenvalue weighted by atomic mass is 35.5. The van der Waals surface area contributed by atoms with E-state index in [0.717, 1.165) is 29.3 Å². The summed E-state index contributed by atoms with van der Waals surface area (Å²) in [4.78, 5) is 0. The molecule has 2 rings (SSSR count). The number of halogens is 1. The topological polar surface area (TPSA) is 30.5 Å². The van der Waals surface area contributed by atoms with Crippen LogP contribution in [0, 0.1) is 0 Å². The Balaban J connectivity index is 2.41. The van der Waals surface area contributed by atoms with Gasteiger partial charge in [-0.05, 0) is 51.8 Å². The standard InChI is InChI=1S/C15H22ClNO2/c1-10(2)19-14-9-12(16)11(8-13(14)18-4)15(3)6-5-7-17-15/h8-10,17H,5-7H2,1-4H3. The van der Waals surface area contributed by atoms with Crippen LogP contribution in [0.5, 0.6) is 11.5 Å². The zero-order valence-electron chi connectivity index (χ0n) is 12.0. The maximum absolute atomic E-state index is 6.44. The SMILES string of the molecule is COc1cc(C2(C)CCCN2)c(Cl)cc1OC(C)C. The Morgan fingerprint density at radius 3 is 2.58 bits per heavy atom. The molecule has 1 aromatic rings. The zero-order chi connectivity index (χ0) is 14.0. The minimum atomic E-state index is -0.0687. The van der Waals surface area contributed by atoms with Crippen LogP contribution in [0.2, 0.25) is 5.02 Å². The molecule has 1 aromatic carbocycles. The van der Waals surface area contributed by atoms with E-state index in [0.29, 0.717) is 5.75 Å². The van der Waals surface area contributed by atoms with Crippen LogP contribution >= 0.6 is 11.6 Å². The average Bonchev–Trinajstić information content (AvgIpc) is 2.76. The van der Waals surface area contributed by atoms with Crippen LogP contribution in [0.25, 0.3) is 0 Å². The van der Waals surface area contributed by atoms with Gasteiger partial charge in [0, 0.05) is 16.6 Å². The Kier molecular flexibility index (Phi) is 4.26. The van der Waals surface area contributed by atoms with E-state index in [1.165, 1.54) is 6.42 Å². The molecule has 0 radical (unpaired) electrons. The third-order valence-corrected chi connectivity index (χ3v) is 3.89. The minimum absolute atomic E-state index is 0.0687. The molecule has 1 saturated heterocycles. The lowest BCUT2D eigenvalue weighted by Gasteiger charge is -2.27. The van der Waals surface area contributed by atoms with Crippen LogP contribution in [-0.2, 0) is 5.54 Å². The fraction of sp³-hybridized carbons (Fsp3) is 0.600. The summed E-state index contributed by atoms with van der Waals surface area (Å²) in [5.74, 6) is 1.44. The molecule has 0 aliphatic carbocycles. The molecule has 19 heavy (non-hydrogen) atoms. The Labute approximate surface area is 120 Å². The monoisotopic (exact) mass is 283 g/mol. The van der Waals surface area contributed by atoms with Gasteiger partial charge in [-0.15, -0.1) is 0 Å². The van der Waals surface area contributed by atoms with E-state index < -0.39 is 0 Å². The molecular weight excluding hydrogens is 262 g/mol. The second kappa shape index (κ2) is 5.59. The van der Waals surface area contributed by atoms with E-state index in [9.17, 15) is 0 Å². The summed E-state index contributed by atoms with van der Waals surface area (Å²) in [6.45, 7) is 7.19. The number of methoxy groups -OCH3 is 1. The highest BCUT2D eigenvalue weighted by molar-refractivity contribution is 6.31. The molecule has 1 N–H and O–H groups in total. The van der Waals surface area contributed by atoms with Crippen molar-refractivity contribution in [1.29, 1.82) is 0 Å². The van der Waals surface area contributed by atoms with Gasteiger partial charge < -0.3 is 14.8 Å². The van der Waals surface area contributed by atoms with E-state index >= 15 is 0 Å².